The van der Waals surface area contributed by atoms with Crippen LogP contribution in [-0.4, -0.2) is 9.97 Å². The van der Waals surface area contributed by atoms with Gasteiger partial charge in [-0.2, -0.15) is 0 Å². The molecule has 47 heavy (non-hydrogen) atoms. The lowest BCUT2D eigenvalue weighted by molar-refractivity contribution is 1.23. The molecule has 1 aliphatic heterocycles. The first-order valence-corrected chi connectivity index (χ1v) is 15.9. The summed E-state index contributed by atoms with van der Waals surface area (Å²) in [4.78, 5) is 12.6. The van der Waals surface area contributed by atoms with Gasteiger partial charge in [-0.15, -0.1) is 0 Å². The van der Waals surface area contributed by atoms with E-state index in [1.807, 2.05) is 18.2 Å². The fraction of sp³-hybridized carbons (Fsp3) is 0. The number of fused-ring (bicyclic) bond motifs is 6. The predicted molar refractivity (Wildman–Crippen MR) is 195 cm³/mol. The highest BCUT2D eigenvalue weighted by molar-refractivity contribution is 6.03. The molecule has 0 bridgehead atoms. The van der Waals surface area contributed by atoms with E-state index in [9.17, 15) is 0 Å². The molecule has 2 heterocycles. The van der Waals surface area contributed by atoms with Gasteiger partial charge in [0, 0.05) is 33.3 Å². The summed E-state index contributed by atoms with van der Waals surface area (Å²) in [6, 6.07) is 62.2. The van der Waals surface area contributed by atoms with E-state index in [2.05, 4.69) is 163 Å². The largest absolute Gasteiger partial charge is 0.309 e. The van der Waals surface area contributed by atoms with Crippen molar-refractivity contribution >= 4 is 28.0 Å². The zero-order valence-electron chi connectivity index (χ0n) is 25.6. The number of nitrogens with zero attached hydrogens (tertiary/aromatic N) is 3. The van der Waals surface area contributed by atoms with Crippen molar-refractivity contribution in [2.24, 2.45) is 0 Å². The Morgan fingerprint density at radius 1 is 0.362 bits per heavy atom. The summed E-state index contributed by atoms with van der Waals surface area (Å²) in [6.07, 6.45) is 0. The molecule has 0 amide bonds. The van der Waals surface area contributed by atoms with E-state index in [1.165, 1.54) is 27.9 Å². The molecule has 0 N–H and O–H groups in total. The Bertz CT molecular complexity index is 2410. The summed E-state index contributed by atoms with van der Waals surface area (Å²) in [5, 5.41) is 1.05. The Hall–Kier alpha value is -6.32. The fourth-order valence-electron chi connectivity index (χ4n) is 6.82. The number of benzene rings is 7. The zero-order chi connectivity index (χ0) is 31.2. The molecule has 0 atom stereocenters. The molecule has 220 valence electrons. The van der Waals surface area contributed by atoms with Crippen LogP contribution in [0, 0.1) is 0 Å². The molecule has 0 unspecified atom stereocenters. The smallest absolute Gasteiger partial charge is 0.160 e. The second kappa shape index (κ2) is 11.2. The second-order valence-corrected chi connectivity index (χ2v) is 11.8. The van der Waals surface area contributed by atoms with Crippen molar-refractivity contribution in [1.29, 1.82) is 0 Å². The molecule has 1 aromatic heterocycles. The van der Waals surface area contributed by atoms with Crippen molar-refractivity contribution in [2.45, 2.75) is 0 Å². The topological polar surface area (TPSA) is 29.0 Å². The predicted octanol–water partition coefficient (Wildman–Crippen LogP) is 11.7. The summed E-state index contributed by atoms with van der Waals surface area (Å²) < 4.78 is 0. The number of aromatic nitrogens is 2. The third-order valence-corrected chi connectivity index (χ3v) is 9.01. The van der Waals surface area contributed by atoms with Gasteiger partial charge >= 0.3 is 0 Å². The lowest BCUT2D eigenvalue weighted by Gasteiger charge is -2.27. The first kappa shape index (κ1) is 27.0. The van der Waals surface area contributed by atoms with Crippen LogP contribution in [0.3, 0.4) is 0 Å². The summed E-state index contributed by atoms with van der Waals surface area (Å²) in [6.45, 7) is 0. The van der Waals surface area contributed by atoms with Gasteiger partial charge in [-0.1, -0.05) is 133 Å². The zero-order valence-corrected chi connectivity index (χ0v) is 25.6. The van der Waals surface area contributed by atoms with Crippen molar-refractivity contribution in [2.75, 3.05) is 4.90 Å². The number of anilines is 3. The number of rotatable bonds is 4. The van der Waals surface area contributed by atoms with Gasteiger partial charge in [-0.05, 0) is 64.7 Å². The maximum absolute atomic E-state index is 5.14. The highest BCUT2D eigenvalue weighted by Crippen LogP contribution is 2.51. The minimum atomic E-state index is 0.718. The first-order chi connectivity index (χ1) is 23.3. The normalized spacial score (nSPS) is 11.8. The van der Waals surface area contributed by atoms with Crippen LogP contribution in [0.2, 0.25) is 0 Å². The molecule has 3 nitrogen and oxygen atoms in total. The number of para-hydroxylation sites is 3. The average Bonchev–Trinajstić information content (AvgIpc) is 3.27. The third-order valence-electron chi connectivity index (χ3n) is 9.01. The molecule has 0 aliphatic carbocycles. The molecule has 0 spiro atoms. The number of hydrogen-bond acceptors (Lipinski definition) is 3. The van der Waals surface area contributed by atoms with Crippen LogP contribution in [-0.2, 0) is 0 Å². The van der Waals surface area contributed by atoms with Gasteiger partial charge in [-0.25, -0.2) is 9.97 Å². The van der Waals surface area contributed by atoms with E-state index >= 15 is 0 Å². The van der Waals surface area contributed by atoms with E-state index in [-0.39, 0.29) is 0 Å². The average molecular weight is 600 g/mol. The van der Waals surface area contributed by atoms with E-state index in [1.54, 1.807) is 0 Å². The van der Waals surface area contributed by atoms with Crippen molar-refractivity contribution in [3.8, 4) is 56.0 Å². The summed E-state index contributed by atoms with van der Waals surface area (Å²) >= 11 is 0. The lowest BCUT2D eigenvalue weighted by atomic mass is 9.92. The Morgan fingerprint density at radius 3 is 1.79 bits per heavy atom. The summed E-state index contributed by atoms with van der Waals surface area (Å²) in [5.41, 5.74) is 14.5. The highest BCUT2D eigenvalue weighted by Gasteiger charge is 2.26. The molecule has 9 rings (SSSR count). The maximum atomic E-state index is 5.14. The molecule has 0 saturated heterocycles. The number of hydrogen-bond donors (Lipinski definition) is 0. The summed E-state index contributed by atoms with van der Waals surface area (Å²) in [5.74, 6) is 0.718. The van der Waals surface area contributed by atoms with Gasteiger partial charge in [0.05, 0.1) is 22.6 Å². The lowest BCUT2D eigenvalue weighted by Crippen LogP contribution is -2.10. The second-order valence-electron chi connectivity index (χ2n) is 11.8. The van der Waals surface area contributed by atoms with Gasteiger partial charge in [-0.3, -0.25) is 0 Å². The Kier molecular flexibility index (Phi) is 6.46. The minimum absolute atomic E-state index is 0.718. The van der Waals surface area contributed by atoms with Gasteiger partial charge in [0.15, 0.2) is 5.82 Å². The van der Waals surface area contributed by atoms with Crippen molar-refractivity contribution < 1.29 is 0 Å². The van der Waals surface area contributed by atoms with Crippen LogP contribution in [0.25, 0.3) is 66.9 Å². The van der Waals surface area contributed by atoms with E-state index in [0.717, 1.165) is 56.0 Å². The minimum Gasteiger partial charge on any atom is -0.309 e. The van der Waals surface area contributed by atoms with E-state index in [0.29, 0.717) is 0 Å². The van der Waals surface area contributed by atoms with Crippen LogP contribution in [0.1, 0.15) is 0 Å². The first-order valence-electron chi connectivity index (χ1n) is 15.9. The van der Waals surface area contributed by atoms with E-state index in [4.69, 9.17) is 9.97 Å². The van der Waals surface area contributed by atoms with Crippen LogP contribution in [0.4, 0.5) is 17.1 Å². The van der Waals surface area contributed by atoms with E-state index < -0.39 is 0 Å². The van der Waals surface area contributed by atoms with Gasteiger partial charge in [0.2, 0.25) is 0 Å². The molecule has 0 saturated carbocycles. The Labute approximate surface area is 274 Å². The molecule has 7 aromatic carbocycles. The Morgan fingerprint density at radius 2 is 0.957 bits per heavy atom. The molecule has 8 aromatic rings. The third kappa shape index (κ3) is 4.68. The SMILES string of the molecule is c1ccc(-c2nc(-c3cccc(-c4ccc5c(c4)-c4ccccc4-c4ccccc4N5c4ccccc4)c3)nc3ccccc23)cc1. The summed E-state index contributed by atoms with van der Waals surface area (Å²) in [7, 11) is 0. The van der Waals surface area contributed by atoms with Crippen LogP contribution >= 0.6 is 0 Å². The van der Waals surface area contributed by atoms with Crippen LogP contribution in [0.15, 0.2) is 176 Å². The molecule has 1 aliphatic rings. The van der Waals surface area contributed by atoms with Gasteiger partial charge < -0.3 is 4.90 Å². The quantitative estimate of drug-likeness (QED) is 0.201. The molecular weight excluding hydrogens is 571 g/mol. The monoisotopic (exact) mass is 599 g/mol. The molecular formula is C44H29N3. The molecule has 0 fully saturated rings. The highest BCUT2D eigenvalue weighted by atomic mass is 15.1. The fourth-order valence-corrected chi connectivity index (χ4v) is 6.82. The standard InChI is InChI=1S/C44H29N3/c1-3-14-30(15-4-1)43-38-23-9-11-24-40(38)45-44(46-43)33-17-13-16-31(28-33)32-26-27-42-39(29-32)36-21-8-7-20-35(36)37-22-10-12-25-41(37)47(42)34-18-5-2-6-19-34/h1-29H. The molecule has 0 radical (unpaired) electrons. The van der Waals surface area contributed by atoms with Gasteiger partial charge in [0.25, 0.3) is 0 Å². The maximum Gasteiger partial charge on any atom is 0.160 e. The Balaban J connectivity index is 1.21. The molecule has 3 heteroatoms. The van der Waals surface area contributed by atoms with Crippen LogP contribution < -0.4 is 4.90 Å². The van der Waals surface area contributed by atoms with Crippen molar-refractivity contribution in [3.63, 3.8) is 0 Å². The van der Waals surface area contributed by atoms with Gasteiger partial charge in [0.1, 0.15) is 0 Å². The van der Waals surface area contributed by atoms with Crippen molar-refractivity contribution in [1.82, 2.24) is 9.97 Å². The van der Waals surface area contributed by atoms with Crippen molar-refractivity contribution in [3.05, 3.63) is 176 Å². The van der Waals surface area contributed by atoms with Crippen LogP contribution in [0.5, 0.6) is 0 Å².